The highest BCUT2D eigenvalue weighted by atomic mass is 19.1. The van der Waals surface area contributed by atoms with E-state index in [0.29, 0.717) is 61.2 Å². The van der Waals surface area contributed by atoms with E-state index >= 15 is 0 Å². The highest BCUT2D eigenvalue weighted by Gasteiger charge is 2.42. The molecule has 1 saturated heterocycles. The molecule has 0 spiro atoms. The van der Waals surface area contributed by atoms with E-state index in [0.717, 1.165) is 47.8 Å². The van der Waals surface area contributed by atoms with E-state index in [1.165, 1.54) is 23.1 Å². The number of carbonyl (C=O) groups is 1. The SMILES string of the molecule is O=C1[C@@H]2C[C@@H](CN2c2ncnc3c2cnn3-c2ccc(F)cc2F)Nc2cccc(n2)-c2nccc3ncn(c23)CCCN1CC1CC1. The Morgan fingerprint density at radius 2 is 1.92 bits per heavy atom. The van der Waals surface area contributed by atoms with Crippen LogP contribution in [0, 0.1) is 17.6 Å². The number of nitrogens with zero attached hydrogens (tertiary/aromatic N) is 10. The number of benzene rings is 1. The van der Waals surface area contributed by atoms with Gasteiger partial charge in [0.15, 0.2) is 11.5 Å². The number of aromatic nitrogens is 8. The standard InChI is InChI=1S/C34H31F2N11O/c35-21-7-8-27(24(36)13-21)47-33-23(15-41-47)32(38-18-39-33)46-17-22-14-28(46)34(48)44(16-20-5-6-20)11-2-12-45-19-40-26-9-10-37-30(31(26)45)25-3-1-4-29(42-22)43-25/h1,3-4,7-10,13,15,18-20,22,28H,2,5-6,11-12,14,16-17H2,(H,42,43)/t22-,28-/m0/s1. The van der Waals surface area contributed by atoms with Crippen LogP contribution in [0.15, 0.2) is 67.5 Å². The third-order valence-electron chi connectivity index (χ3n) is 9.53. The number of aryl methyl sites for hydroxylation is 1. The second kappa shape index (κ2) is 11.3. The number of pyridine rings is 2. The third-order valence-corrected chi connectivity index (χ3v) is 9.53. The number of amides is 1. The molecule has 48 heavy (non-hydrogen) atoms. The maximum absolute atomic E-state index is 14.8. The topological polar surface area (TPSA) is 123 Å². The van der Waals surface area contributed by atoms with Crippen LogP contribution in [0.25, 0.3) is 39.1 Å². The second-order valence-electron chi connectivity index (χ2n) is 12.8. The van der Waals surface area contributed by atoms with Gasteiger partial charge in [-0.1, -0.05) is 6.07 Å². The van der Waals surface area contributed by atoms with Crippen LogP contribution in [0.4, 0.5) is 20.4 Å². The number of fused-ring (bicyclic) bond motifs is 6. The number of hydrogen-bond donors (Lipinski definition) is 1. The molecule has 242 valence electrons. The van der Waals surface area contributed by atoms with Crippen molar-refractivity contribution >= 4 is 39.6 Å². The molecule has 3 aliphatic rings. The zero-order valence-corrected chi connectivity index (χ0v) is 25.9. The summed E-state index contributed by atoms with van der Waals surface area (Å²) in [5, 5.41) is 8.57. The molecule has 1 aromatic carbocycles. The monoisotopic (exact) mass is 647 g/mol. The van der Waals surface area contributed by atoms with Crippen LogP contribution >= 0.6 is 0 Å². The molecule has 6 aromatic rings. The van der Waals surface area contributed by atoms with Crippen molar-refractivity contribution in [3.05, 3.63) is 79.1 Å². The van der Waals surface area contributed by atoms with Gasteiger partial charge in [0.05, 0.1) is 34.6 Å². The van der Waals surface area contributed by atoms with Gasteiger partial charge in [-0.15, -0.1) is 0 Å². The molecule has 9 rings (SSSR count). The first-order valence-electron chi connectivity index (χ1n) is 16.2. The van der Waals surface area contributed by atoms with Gasteiger partial charge in [0.1, 0.15) is 41.2 Å². The summed E-state index contributed by atoms with van der Waals surface area (Å²) in [6.45, 7) is 2.44. The molecule has 1 N–H and O–H groups in total. The maximum Gasteiger partial charge on any atom is 0.245 e. The molecule has 1 saturated carbocycles. The first kappa shape index (κ1) is 28.7. The van der Waals surface area contributed by atoms with Crippen molar-refractivity contribution in [1.29, 1.82) is 0 Å². The number of nitrogens with one attached hydrogen (secondary N) is 1. The molecular formula is C34H31F2N11O. The lowest BCUT2D eigenvalue weighted by Gasteiger charge is -2.31. The van der Waals surface area contributed by atoms with E-state index in [4.69, 9.17) is 9.97 Å². The van der Waals surface area contributed by atoms with Crippen molar-refractivity contribution in [2.45, 2.75) is 44.3 Å². The van der Waals surface area contributed by atoms with Crippen molar-refractivity contribution in [3.8, 4) is 17.1 Å². The molecule has 4 bridgehead atoms. The second-order valence-corrected chi connectivity index (χ2v) is 12.8. The molecule has 2 fully saturated rings. The number of halogens is 2. The largest absolute Gasteiger partial charge is 0.365 e. The molecule has 1 aliphatic carbocycles. The average molecular weight is 648 g/mol. The van der Waals surface area contributed by atoms with Crippen LogP contribution in [0.5, 0.6) is 0 Å². The summed E-state index contributed by atoms with van der Waals surface area (Å²) in [7, 11) is 0. The molecule has 14 heteroatoms. The minimum absolute atomic E-state index is 0.0457. The normalized spacial score (nSPS) is 19.8. The molecule has 5 aromatic heterocycles. The average Bonchev–Trinajstić information content (AvgIpc) is 3.45. The number of hydrogen-bond acceptors (Lipinski definition) is 9. The Balaban J connectivity index is 1.13. The van der Waals surface area contributed by atoms with Crippen LogP contribution in [0.3, 0.4) is 0 Å². The van der Waals surface area contributed by atoms with Crippen molar-refractivity contribution in [3.63, 3.8) is 0 Å². The minimum Gasteiger partial charge on any atom is -0.365 e. The Labute approximate surface area is 273 Å². The Bertz CT molecular complexity index is 2200. The van der Waals surface area contributed by atoms with Crippen LogP contribution in [0.1, 0.15) is 25.7 Å². The first-order chi connectivity index (χ1) is 23.5. The lowest BCUT2D eigenvalue weighted by molar-refractivity contribution is -0.132. The zero-order chi connectivity index (χ0) is 32.4. The minimum atomic E-state index is -0.758. The van der Waals surface area contributed by atoms with E-state index in [1.807, 2.05) is 40.4 Å². The summed E-state index contributed by atoms with van der Waals surface area (Å²) in [6.07, 6.45) is 10.1. The van der Waals surface area contributed by atoms with Gasteiger partial charge < -0.3 is 19.7 Å². The van der Waals surface area contributed by atoms with Gasteiger partial charge in [-0.2, -0.15) is 5.10 Å². The lowest BCUT2D eigenvalue weighted by atomic mass is 10.1. The molecule has 7 heterocycles. The van der Waals surface area contributed by atoms with Crippen LogP contribution in [-0.2, 0) is 11.3 Å². The highest BCUT2D eigenvalue weighted by Crippen LogP contribution is 2.35. The van der Waals surface area contributed by atoms with E-state index in [9.17, 15) is 13.6 Å². The fourth-order valence-corrected chi connectivity index (χ4v) is 7.08. The highest BCUT2D eigenvalue weighted by molar-refractivity contribution is 5.93. The predicted octanol–water partition coefficient (Wildman–Crippen LogP) is 4.60. The number of carbonyl (C=O) groups excluding carboxylic acids is 1. The Kier molecular flexibility index (Phi) is 6.76. The fraction of sp³-hybridized carbons (Fsp3) is 0.324. The summed E-state index contributed by atoms with van der Waals surface area (Å²) < 4.78 is 32.0. The third kappa shape index (κ3) is 4.98. The van der Waals surface area contributed by atoms with Gasteiger partial charge in [0.25, 0.3) is 0 Å². The molecule has 2 aliphatic heterocycles. The smallest absolute Gasteiger partial charge is 0.245 e. The molecule has 0 radical (unpaired) electrons. The van der Waals surface area contributed by atoms with Crippen molar-refractivity contribution < 1.29 is 13.6 Å². The Hall–Kier alpha value is -5.53. The number of anilines is 2. The lowest BCUT2D eigenvalue weighted by Crippen LogP contribution is -2.47. The molecule has 12 nitrogen and oxygen atoms in total. The maximum atomic E-state index is 14.8. The number of imidazole rings is 1. The summed E-state index contributed by atoms with van der Waals surface area (Å²) in [5.74, 6) is 0.318. The number of rotatable bonds is 4. The van der Waals surface area contributed by atoms with E-state index in [-0.39, 0.29) is 17.6 Å². The zero-order valence-electron chi connectivity index (χ0n) is 25.9. The first-order valence-corrected chi connectivity index (χ1v) is 16.2. The van der Waals surface area contributed by atoms with E-state index in [1.54, 1.807) is 12.4 Å². The summed E-state index contributed by atoms with van der Waals surface area (Å²) >= 11 is 0. The van der Waals surface area contributed by atoms with Gasteiger partial charge in [0.2, 0.25) is 5.91 Å². The van der Waals surface area contributed by atoms with Crippen molar-refractivity contribution in [1.82, 2.24) is 44.2 Å². The van der Waals surface area contributed by atoms with Gasteiger partial charge in [-0.05, 0) is 61.9 Å². The summed E-state index contributed by atoms with van der Waals surface area (Å²) in [4.78, 5) is 42.0. The van der Waals surface area contributed by atoms with Crippen molar-refractivity contribution in [2.24, 2.45) is 5.92 Å². The molecular weight excluding hydrogens is 616 g/mol. The van der Waals surface area contributed by atoms with Crippen molar-refractivity contribution in [2.75, 3.05) is 29.9 Å². The summed E-state index contributed by atoms with van der Waals surface area (Å²) in [5.41, 5.74) is 3.71. The van der Waals surface area contributed by atoms with E-state index in [2.05, 4.69) is 29.9 Å². The van der Waals surface area contributed by atoms with E-state index < -0.39 is 17.7 Å². The Morgan fingerprint density at radius 3 is 2.79 bits per heavy atom. The fourth-order valence-electron chi connectivity index (χ4n) is 7.08. The molecule has 2 atom stereocenters. The van der Waals surface area contributed by atoms with Crippen LogP contribution in [-0.4, -0.2) is 81.8 Å². The van der Waals surface area contributed by atoms with Crippen LogP contribution in [0.2, 0.25) is 0 Å². The predicted molar refractivity (Wildman–Crippen MR) is 174 cm³/mol. The van der Waals surface area contributed by atoms with Gasteiger partial charge in [-0.3, -0.25) is 9.78 Å². The van der Waals surface area contributed by atoms with Gasteiger partial charge >= 0.3 is 0 Å². The molecule has 0 unspecified atom stereocenters. The quantitative estimate of drug-likeness (QED) is 0.293. The molecule has 1 amide bonds. The summed E-state index contributed by atoms with van der Waals surface area (Å²) in [6, 6.07) is 10.4. The van der Waals surface area contributed by atoms with Gasteiger partial charge in [-0.25, -0.2) is 33.4 Å². The Morgan fingerprint density at radius 1 is 1.00 bits per heavy atom. The van der Waals surface area contributed by atoms with Crippen LogP contribution < -0.4 is 10.2 Å². The van der Waals surface area contributed by atoms with Gasteiger partial charge in [0, 0.05) is 44.5 Å².